The molecule has 0 saturated carbocycles. The Morgan fingerprint density at radius 3 is 2.14 bits per heavy atom. The van der Waals surface area contributed by atoms with Gasteiger partial charge in [0.2, 0.25) is 0 Å². The lowest BCUT2D eigenvalue weighted by Gasteiger charge is -2.34. The first-order valence-corrected chi connectivity index (χ1v) is 7.58. The minimum absolute atomic E-state index is 0.206. The fourth-order valence-electron chi connectivity index (χ4n) is 2.58. The van der Waals surface area contributed by atoms with E-state index in [1.165, 1.54) is 0 Å². The Labute approximate surface area is 129 Å². The molecule has 4 nitrogen and oxygen atoms in total. The third-order valence-corrected chi connectivity index (χ3v) is 3.85. The molecule has 120 valence electrons. The second-order valence-electron chi connectivity index (χ2n) is 6.26. The lowest BCUT2D eigenvalue weighted by atomic mass is 10.0. The number of rotatable bonds is 7. The predicted octanol–water partition coefficient (Wildman–Crippen LogP) is 3.34. The second-order valence-corrected chi connectivity index (χ2v) is 6.26. The van der Waals surface area contributed by atoms with Crippen LogP contribution in [-0.4, -0.2) is 37.7 Å². The van der Waals surface area contributed by atoms with Crippen molar-refractivity contribution in [2.45, 2.75) is 46.1 Å². The lowest BCUT2D eigenvalue weighted by molar-refractivity contribution is 0.143. The van der Waals surface area contributed by atoms with Crippen LogP contribution in [0, 0.1) is 0 Å². The molecule has 1 aromatic carbocycles. The van der Waals surface area contributed by atoms with Crippen LogP contribution >= 0.6 is 0 Å². The van der Waals surface area contributed by atoms with E-state index in [0.717, 1.165) is 42.9 Å². The van der Waals surface area contributed by atoms with Gasteiger partial charge in [-0.2, -0.15) is 0 Å². The Hall–Kier alpha value is -1.42. The molecule has 0 atom stereocenters. The smallest absolute Gasteiger partial charge is 0.162 e. The van der Waals surface area contributed by atoms with Gasteiger partial charge in [-0.1, -0.05) is 6.92 Å². The van der Waals surface area contributed by atoms with E-state index in [4.69, 9.17) is 15.2 Å². The van der Waals surface area contributed by atoms with Crippen molar-refractivity contribution in [2.75, 3.05) is 33.0 Å². The van der Waals surface area contributed by atoms with Crippen molar-refractivity contribution < 1.29 is 9.47 Å². The Kier molecular flexibility index (Phi) is 6.34. The van der Waals surface area contributed by atoms with Crippen LogP contribution < -0.4 is 15.2 Å². The molecule has 21 heavy (non-hydrogen) atoms. The molecule has 0 spiro atoms. The van der Waals surface area contributed by atoms with Crippen molar-refractivity contribution in [1.29, 1.82) is 0 Å². The van der Waals surface area contributed by atoms with Gasteiger partial charge >= 0.3 is 0 Å². The fourth-order valence-corrected chi connectivity index (χ4v) is 2.58. The molecule has 2 N–H and O–H groups in total. The molecule has 0 fully saturated rings. The van der Waals surface area contributed by atoms with Gasteiger partial charge in [0.1, 0.15) is 0 Å². The maximum atomic E-state index is 6.11. The van der Waals surface area contributed by atoms with Gasteiger partial charge < -0.3 is 15.2 Å². The van der Waals surface area contributed by atoms with E-state index in [-0.39, 0.29) is 5.54 Å². The number of benzene rings is 1. The quantitative estimate of drug-likeness (QED) is 0.784. The van der Waals surface area contributed by atoms with Crippen molar-refractivity contribution >= 4 is 5.69 Å². The zero-order valence-corrected chi connectivity index (χ0v) is 14.3. The molecule has 0 aliphatic rings. The summed E-state index contributed by atoms with van der Waals surface area (Å²) in [5, 5.41) is 0. The molecule has 0 aliphatic heterocycles. The molecule has 1 aromatic rings. The van der Waals surface area contributed by atoms with Crippen molar-refractivity contribution in [1.82, 2.24) is 4.90 Å². The molecule has 0 aromatic heterocycles. The summed E-state index contributed by atoms with van der Waals surface area (Å²) in [4.78, 5) is 2.48. The zero-order valence-electron chi connectivity index (χ0n) is 14.3. The third-order valence-electron chi connectivity index (χ3n) is 3.85. The maximum Gasteiger partial charge on any atom is 0.162 e. The van der Waals surface area contributed by atoms with E-state index >= 15 is 0 Å². The molecule has 0 radical (unpaired) electrons. The third kappa shape index (κ3) is 4.81. The minimum atomic E-state index is 0.206. The topological polar surface area (TPSA) is 47.7 Å². The summed E-state index contributed by atoms with van der Waals surface area (Å²) in [6.07, 6.45) is 2.02. The second kappa shape index (κ2) is 7.55. The largest absolute Gasteiger partial charge is 0.493 e. The molecule has 0 unspecified atom stereocenters. The van der Waals surface area contributed by atoms with Gasteiger partial charge in [0.15, 0.2) is 11.5 Å². The standard InChI is InChI=1S/C17H30N2O2/c1-7-19(17(2,3)4)10-8-9-13-11-15(20-5)16(21-6)12-14(13)18/h11-12H,7-10,18H2,1-6H3. The SMILES string of the molecule is CCN(CCCc1cc(OC)c(OC)cc1N)C(C)(C)C. The number of methoxy groups -OCH3 is 2. The summed E-state index contributed by atoms with van der Waals surface area (Å²) < 4.78 is 10.6. The molecule has 1 rings (SSSR count). The van der Waals surface area contributed by atoms with Crippen LogP contribution in [0.5, 0.6) is 11.5 Å². The average Bonchev–Trinajstić information content (AvgIpc) is 2.43. The van der Waals surface area contributed by atoms with Crippen LogP contribution in [0.15, 0.2) is 12.1 Å². The molecular weight excluding hydrogens is 264 g/mol. The summed E-state index contributed by atoms with van der Waals surface area (Å²) in [6, 6.07) is 3.83. The number of nitrogen functional groups attached to an aromatic ring is 1. The minimum Gasteiger partial charge on any atom is -0.493 e. The molecule has 0 bridgehead atoms. The summed E-state index contributed by atoms with van der Waals surface area (Å²) >= 11 is 0. The van der Waals surface area contributed by atoms with Crippen LogP contribution in [0.1, 0.15) is 39.7 Å². The summed E-state index contributed by atoms with van der Waals surface area (Å²) in [5.74, 6) is 1.42. The highest BCUT2D eigenvalue weighted by Crippen LogP contribution is 2.32. The van der Waals surface area contributed by atoms with Crippen LogP contribution in [0.25, 0.3) is 0 Å². The van der Waals surface area contributed by atoms with Crippen molar-refractivity contribution in [3.63, 3.8) is 0 Å². The number of aryl methyl sites for hydroxylation is 1. The number of ether oxygens (including phenoxy) is 2. The fraction of sp³-hybridized carbons (Fsp3) is 0.647. The van der Waals surface area contributed by atoms with E-state index in [0.29, 0.717) is 5.75 Å². The van der Waals surface area contributed by atoms with Gasteiger partial charge in [-0.05, 0) is 58.3 Å². The van der Waals surface area contributed by atoms with E-state index in [2.05, 4.69) is 32.6 Å². The van der Waals surface area contributed by atoms with E-state index < -0.39 is 0 Å². The Morgan fingerprint density at radius 2 is 1.67 bits per heavy atom. The lowest BCUT2D eigenvalue weighted by Crippen LogP contribution is -2.41. The zero-order chi connectivity index (χ0) is 16.0. The van der Waals surface area contributed by atoms with Gasteiger partial charge in [-0.25, -0.2) is 0 Å². The number of nitrogens with zero attached hydrogens (tertiary/aromatic N) is 1. The highest BCUT2D eigenvalue weighted by Gasteiger charge is 2.19. The number of hydrogen-bond acceptors (Lipinski definition) is 4. The van der Waals surface area contributed by atoms with Crippen LogP contribution in [0.4, 0.5) is 5.69 Å². The van der Waals surface area contributed by atoms with Gasteiger partial charge in [-0.3, -0.25) is 4.90 Å². The molecule has 4 heteroatoms. The monoisotopic (exact) mass is 294 g/mol. The highest BCUT2D eigenvalue weighted by molar-refractivity contribution is 5.58. The molecule has 0 aliphatic carbocycles. The van der Waals surface area contributed by atoms with Crippen LogP contribution in [-0.2, 0) is 6.42 Å². The number of anilines is 1. The van der Waals surface area contributed by atoms with Crippen molar-refractivity contribution in [3.05, 3.63) is 17.7 Å². The first-order chi connectivity index (χ1) is 9.83. The van der Waals surface area contributed by atoms with Gasteiger partial charge in [0.25, 0.3) is 0 Å². The van der Waals surface area contributed by atoms with Crippen molar-refractivity contribution in [2.24, 2.45) is 0 Å². The summed E-state index contributed by atoms with van der Waals surface area (Å²) in [6.45, 7) is 11.1. The predicted molar refractivity (Wildman–Crippen MR) is 89.3 cm³/mol. The van der Waals surface area contributed by atoms with Crippen molar-refractivity contribution in [3.8, 4) is 11.5 Å². The summed E-state index contributed by atoms with van der Waals surface area (Å²) in [7, 11) is 3.27. The first-order valence-electron chi connectivity index (χ1n) is 7.58. The van der Waals surface area contributed by atoms with Crippen LogP contribution in [0.3, 0.4) is 0 Å². The summed E-state index contributed by atoms with van der Waals surface area (Å²) in [5.41, 5.74) is 8.21. The highest BCUT2D eigenvalue weighted by atomic mass is 16.5. The van der Waals surface area contributed by atoms with E-state index in [1.54, 1.807) is 14.2 Å². The number of nitrogens with two attached hydrogens (primary N) is 1. The Morgan fingerprint density at radius 1 is 1.10 bits per heavy atom. The van der Waals surface area contributed by atoms with Crippen LogP contribution in [0.2, 0.25) is 0 Å². The van der Waals surface area contributed by atoms with Gasteiger partial charge in [0, 0.05) is 17.3 Å². The maximum absolute atomic E-state index is 6.11. The normalized spacial score (nSPS) is 11.8. The molecule has 0 saturated heterocycles. The van der Waals surface area contributed by atoms with E-state index in [9.17, 15) is 0 Å². The van der Waals surface area contributed by atoms with E-state index in [1.807, 2.05) is 12.1 Å². The Balaban J connectivity index is 2.71. The molecule has 0 heterocycles. The molecular formula is C17H30N2O2. The average molecular weight is 294 g/mol. The van der Waals surface area contributed by atoms with Gasteiger partial charge in [0.05, 0.1) is 14.2 Å². The first kappa shape index (κ1) is 17.6. The number of hydrogen-bond donors (Lipinski definition) is 1. The van der Waals surface area contributed by atoms with Gasteiger partial charge in [-0.15, -0.1) is 0 Å². The Bertz CT molecular complexity index is 453. The molecule has 0 amide bonds.